The van der Waals surface area contributed by atoms with Crippen molar-refractivity contribution >= 4 is 23.4 Å². The highest BCUT2D eigenvalue weighted by molar-refractivity contribution is 7.99. The second-order valence-electron chi connectivity index (χ2n) is 4.67. The van der Waals surface area contributed by atoms with Crippen LogP contribution in [0.3, 0.4) is 0 Å². The second kappa shape index (κ2) is 5.97. The first-order valence-electron chi connectivity index (χ1n) is 6.22. The number of nitro benzene ring substituents is 1. The zero-order valence-corrected chi connectivity index (χ0v) is 12.4. The van der Waals surface area contributed by atoms with Gasteiger partial charge in [-0.2, -0.15) is 0 Å². The summed E-state index contributed by atoms with van der Waals surface area (Å²) in [5, 5.41) is 11.2. The lowest BCUT2D eigenvalue weighted by Gasteiger charge is -2.08. The van der Waals surface area contributed by atoms with Crippen LogP contribution in [-0.4, -0.2) is 10.8 Å². The van der Waals surface area contributed by atoms with Crippen molar-refractivity contribution in [1.29, 1.82) is 0 Å². The molecule has 2 N–H and O–H groups in total. The molecule has 0 unspecified atom stereocenters. The Kier molecular flexibility index (Phi) is 4.28. The number of amides is 1. The predicted molar refractivity (Wildman–Crippen MR) is 81.7 cm³/mol. The largest absolute Gasteiger partial charge is 0.366 e. The molecule has 6 heteroatoms. The van der Waals surface area contributed by atoms with Crippen molar-refractivity contribution in [2.75, 3.05) is 0 Å². The Morgan fingerprint density at radius 1 is 1.14 bits per heavy atom. The Balaban J connectivity index is 2.44. The number of aryl methyl sites for hydroxylation is 2. The fourth-order valence-corrected chi connectivity index (χ4v) is 2.90. The van der Waals surface area contributed by atoms with E-state index in [0.29, 0.717) is 4.90 Å². The van der Waals surface area contributed by atoms with Crippen LogP contribution in [0.2, 0.25) is 0 Å². The number of nitrogens with zero attached hydrogens (tertiary/aromatic N) is 1. The number of carbonyl (C=O) groups excluding carboxylic acids is 1. The van der Waals surface area contributed by atoms with E-state index in [1.54, 1.807) is 6.07 Å². The molecule has 21 heavy (non-hydrogen) atoms. The van der Waals surface area contributed by atoms with Crippen molar-refractivity contribution in [3.05, 3.63) is 63.2 Å². The molecule has 5 nitrogen and oxygen atoms in total. The molecule has 1 amide bonds. The number of hydrogen-bond acceptors (Lipinski definition) is 4. The van der Waals surface area contributed by atoms with E-state index in [1.807, 2.05) is 32.0 Å². The van der Waals surface area contributed by atoms with Gasteiger partial charge in [0.15, 0.2) is 0 Å². The molecule has 0 aliphatic carbocycles. The van der Waals surface area contributed by atoms with Crippen molar-refractivity contribution < 1.29 is 9.72 Å². The summed E-state index contributed by atoms with van der Waals surface area (Å²) < 4.78 is 0. The number of hydrogen-bond donors (Lipinski definition) is 1. The Bertz CT molecular complexity index is 729. The fraction of sp³-hybridized carbons (Fsp3) is 0.133. The Labute approximate surface area is 126 Å². The van der Waals surface area contributed by atoms with Gasteiger partial charge in [-0.3, -0.25) is 14.9 Å². The molecular weight excluding hydrogens is 288 g/mol. The third-order valence-electron chi connectivity index (χ3n) is 2.99. The molecule has 0 radical (unpaired) electrons. The number of nitrogens with two attached hydrogens (primary N) is 1. The van der Waals surface area contributed by atoms with E-state index in [-0.39, 0.29) is 11.3 Å². The van der Waals surface area contributed by atoms with E-state index in [1.165, 1.54) is 23.9 Å². The zero-order chi connectivity index (χ0) is 15.6. The summed E-state index contributed by atoms with van der Waals surface area (Å²) in [5.74, 6) is -0.679. The van der Waals surface area contributed by atoms with Crippen molar-refractivity contribution in [1.82, 2.24) is 0 Å². The van der Waals surface area contributed by atoms with Crippen LogP contribution in [0.4, 0.5) is 5.69 Å². The number of primary amides is 1. The van der Waals surface area contributed by atoms with E-state index in [9.17, 15) is 14.9 Å². The monoisotopic (exact) mass is 302 g/mol. The van der Waals surface area contributed by atoms with Gasteiger partial charge in [0.1, 0.15) is 0 Å². The molecule has 2 aromatic carbocycles. The third-order valence-corrected chi connectivity index (χ3v) is 4.23. The summed E-state index contributed by atoms with van der Waals surface area (Å²) >= 11 is 1.30. The maximum absolute atomic E-state index is 11.2. The molecule has 0 fully saturated rings. The average molecular weight is 302 g/mol. The van der Waals surface area contributed by atoms with Crippen molar-refractivity contribution in [2.24, 2.45) is 5.73 Å². The van der Waals surface area contributed by atoms with E-state index < -0.39 is 10.8 Å². The highest BCUT2D eigenvalue weighted by Gasteiger charge is 2.18. The first-order chi connectivity index (χ1) is 9.88. The standard InChI is InChI=1S/C15H14N2O3S/c1-9-3-5-13(10(2)7-9)21-14-6-4-11(15(16)18)8-12(14)17(19)20/h3-8H,1-2H3,(H2,16,18). The van der Waals surface area contributed by atoms with Crippen LogP contribution in [0.1, 0.15) is 21.5 Å². The van der Waals surface area contributed by atoms with Gasteiger partial charge >= 0.3 is 0 Å². The molecule has 0 saturated heterocycles. The Hall–Kier alpha value is -2.34. The minimum Gasteiger partial charge on any atom is -0.366 e. The van der Waals surface area contributed by atoms with E-state index in [0.717, 1.165) is 16.0 Å². The number of benzene rings is 2. The van der Waals surface area contributed by atoms with Gasteiger partial charge in [-0.05, 0) is 37.6 Å². The normalized spacial score (nSPS) is 10.4. The summed E-state index contributed by atoms with van der Waals surface area (Å²) in [4.78, 5) is 23.2. The summed E-state index contributed by atoms with van der Waals surface area (Å²) in [6.07, 6.45) is 0. The van der Waals surface area contributed by atoms with Gasteiger partial charge < -0.3 is 5.73 Å². The van der Waals surface area contributed by atoms with E-state index >= 15 is 0 Å². The maximum atomic E-state index is 11.2. The smallest absolute Gasteiger partial charge is 0.284 e. The summed E-state index contributed by atoms with van der Waals surface area (Å²) in [6, 6.07) is 10.2. The van der Waals surface area contributed by atoms with Gasteiger partial charge in [0.05, 0.1) is 9.82 Å². The number of rotatable bonds is 4. The van der Waals surface area contributed by atoms with Crippen LogP contribution in [0.5, 0.6) is 0 Å². The fourth-order valence-electron chi connectivity index (χ4n) is 1.93. The summed E-state index contributed by atoms with van der Waals surface area (Å²) in [5.41, 5.74) is 7.36. The van der Waals surface area contributed by atoms with Crippen LogP contribution in [0, 0.1) is 24.0 Å². The van der Waals surface area contributed by atoms with Crippen molar-refractivity contribution in [3.8, 4) is 0 Å². The zero-order valence-electron chi connectivity index (χ0n) is 11.6. The SMILES string of the molecule is Cc1ccc(Sc2ccc(C(N)=O)cc2[N+](=O)[O-])c(C)c1. The van der Waals surface area contributed by atoms with Crippen LogP contribution < -0.4 is 5.73 Å². The summed E-state index contributed by atoms with van der Waals surface area (Å²) in [6.45, 7) is 3.95. The Morgan fingerprint density at radius 2 is 1.81 bits per heavy atom. The molecule has 108 valence electrons. The Morgan fingerprint density at radius 3 is 2.38 bits per heavy atom. The van der Waals surface area contributed by atoms with Crippen LogP contribution in [0.25, 0.3) is 0 Å². The molecule has 0 aromatic heterocycles. The molecule has 0 heterocycles. The highest BCUT2D eigenvalue weighted by atomic mass is 32.2. The minimum absolute atomic E-state index is 0.115. The second-order valence-corrected chi connectivity index (χ2v) is 5.76. The molecule has 0 saturated carbocycles. The average Bonchev–Trinajstić information content (AvgIpc) is 2.41. The lowest BCUT2D eigenvalue weighted by molar-refractivity contribution is -0.387. The maximum Gasteiger partial charge on any atom is 0.284 e. The first kappa shape index (κ1) is 15.1. The quantitative estimate of drug-likeness (QED) is 0.692. The predicted octanol–water partition coefficient (Wildman–Crippen LogP) is 3.46. The molecule has 2 aromatic rings. The van der Waals surface area contributed by atoms with E-state index in [4.69, 9.17) is 5.73 Å². The minimum atomic E-state index is -0.679. The molecule has 0 atom stereocenters. The van der Waals surface area contributed by atoms with Gasteiger partial charge in [0, 0.05) is 16.5 Å². The molecular formula is C15H14N2O3S. The van der Waals surface area contributed by atoms with E-state index in [2.05, 4.69) is 0 Å². The van der Waals surface area contributed by atoms with Gasteiger partial charge in [0.25, 0.3) is 5.69 Å². The lowest BCUT2D eigenvalue weighted by atomic mass is 10.2. The first-order valence-corrected chi connectivity index (χ1v) is 7.03. The van der Waals surface area contributed by atoms with Gasteiger partial charge in [0.2, 0.25) is 5.91 Å². The van der Waals surface area contributed by atoms with Gasteiger partial charge in [-0.1, -0.05) is 29.5 Å². The summed E-state index contributed by atoms with van der Waals surface area (Å²) in [7, 11) is 0. The highest BCUT2D eigenvalue weighted by Crippen LogP contribution is 2.37. The van der Waals surface area contributed by atoms with Crippen LogP contribution in [-0.2, 0) is 0 Å². The van der Waals surface area contributed by atoms with Gasteiger partial charge in [-0.25, -0.2) is 0 Å². The molecule has 0 aliphatic heterocycles. The number of nitro groups is 1. The van der Waals surface area contributed by atoms with Crippen molar-refractivity contribution in [3.63, 3.8) is 0 Å². The molecule has 0 spiro atoms. The third kappa shape index (κ3) is 3.41. The topological polar surface area (TPSA) is 86.2 Å². The van der Waals surface area contributed by atoms with Crippen LogP contribution in [0.15, 0.2) is 46.2 Å². The van der Waals surface area contributed by atoms with Gasteiger partial charge in [-0.15, -0.1) is 0 Å². The lowest BCUT2D eigenvalue weighted by Crippen LogP contribution is -2.11. The molecule has 0 bridgehead atoms. The van der Waals surface area contributed by atoms with Crippen LogP contribution >= 0.6 is 11.8 Å². The molecule has 0 aliphatic rings. The molecule has 2 rings (SSSR count). The van der Waals surface area contributed by atoms with Crippen molar-refractivity contribution in [2.45, 2.75) is 23.6 Å². The number of carbonyl (C=O) groups is 1.